The van der Waals surface area contributed by atoms with Gasteiger partial charge in [0.1, 0.15) is 17.6 Å². The highest BCUT2D eigenvalue weighted by molar-refractivity contribution is 5.86. The number of halogens is 5. The van der Waals surface area contributed by atoms with Crippen LogP contribution in [0.15, 0.2) is 58.2 Å². The number of likely N-dealkylation sites (N-methyl/N-ethyl adjacent to an activating group) is 3. The molecule has 0 radical (unpaired) electrons. The molecule has 11 heteroatoms. The van der Waals surface area contributed by atoms with Crippen LogP contribution in [0, 0.1) is 5.92 Å². The average Bonchev–Trinajstić information content (AvgIpc) is 3.50. The van der Waals surface area contributed by atoms with Crippen LogP contribution in [-0.2, 0) is 4.79 Å². The lowest BCUT2D eigenvalue weighted by atomic mass is 9.97. The van der Waals surface area contributed by atoms with Crippen molar-refractivity contribution in [2.24, 2.45) is 5.92 Å². The fraction of sp³-hybridized carbons (Fsp3) is 0.476. The maximum Gasteiger partial charge on any atom is 0.416 e. The highest BCUT2D eigenvalue weighted by Crippen LogP contribution is 2.42. The molecule has 1 saturated carbocycles. The summed E-state index contributed by atoms with van der Waals surface area (Å²) in [5.74, 6) is -2.39. The van der Waals surface area contributed by atoms with E-state index in [1.54, 1.807) is 0 Å². The molecule has 3 heterocycles. The molecule has 1 atom stereocenters. The molecule has 174 valence electrons. The van der Waals surface area contributed by atoms with Crippen LogP contribution in [0.25, 0.3) is 0 Å². The molecule has 1 fully saturated rings. The lowest BCUT2D eigenvalue weighted by Gasteiger charge is -2.32. The van der Waals surface area contributed by atoms with Crippen LogP contribution in [0.3, 0.4) is 0 Å². The van der Waals surface area contributed by atoms with Crippen molar-refractivity contribution in [1.29, 1.82) is 0 Å². The van der Waals surface area contributed by atoms with Gasteiger partial charge >= 0.3 is 6.18 Å². The zero-order chi connectivity index (χ0) is 23.4. The Labute approximate surface area is 182 Å². The topological polar surface area (TPSA) is 50.9 Å². The normalized spacial score (nSPS) is 25.0. The van der Waals surface area contributed by atoms with Crippen molar-refractivity contribution < 1.29 is 26.7 Å². The first-order valence-corrected chi connectivity index (χ1v) is 10.2. The first-order valence-electron chi connectivity index (χ1n) is 10.2. The van der Waals surface area contributed by atoms with Crippen molar-refractivity contribution in [1.82, 2.24) is 25.6 Å². The highest BCUT2D eigenvalue weighted by Gasteiger charge is 2.42. The first-order chi connectivity index (χ1) is 15.0. The molecular formula is C21H24F5N5O. The molecule has 4 rings (SSSR count). The van der Waals surface area contributed by atoms with E-state index in [9.17, 15) is 26.7 Å². The minimum absolute atomic E-state index is 0.0160. The van der Waals surface area contributed by atoms with Gasteiger partial charge in [-0.2, -0.15) is 13.2 Å². The molecule has 1 aliphatic carbocycles. The predicted octanol–water partition coefficient (Wildman–Crippen LogP) is 2.84. The van der Waals surface area contributed by atoms with Crippen LogP contribution in [0.5, 0.6) is 0 Å². The zero-order valence-electron chi connectivity index (χ0n) is 17.9. The van der Waals surface area contributed by atoms with Gasteiger partial charge in [0.15, 0.2) is 5.83 Å². The van der Waals surface area contributed by atoms with E-state index in [1.165, 1.54) is 42.1 Å². The number of dihydropyridines is 1. The van der Waals surface area contributed by atoms with Crippen LogP contribution in [0.4, 0.5) is 22.0 Å². The Morgan fingerprint density at radius 3 is 2.47 bits per heavy atom. The number of hydrogen-bond acceptors (Lipinski definition) is 5. The zero-order valence-corrected chi connectivity index (χ0v) is 17.9. The SMILES string of the molecule is CN1C=C(F)C(NC(=O)C2C=C(C3=C(C(F)(F)F)C=C(C4CC4)NC3)N(C)N2C)=C(F)C1. The Morgan fingerprint density at radius 1 is 1.19 bits per heavy atom. The summed E-state index contributed by atoms with van der Waals surface area (Å²) in [6, 6.07) is -1.04. The Morgan fingerprint density at radius 2 is 1.88 bits per heavy atom. The number of alkyl halides is 3. The fourth-order valence-corrected chi connectivity index (χ4v) is 4.04. The van der Waals surface area contributed by atoms with Crippen molar-refractivity contribution in [2.75, 3.05) is 34.2 Å². The van der Waals surface area contributed by atoms with Gasteiger partial charge in [-0.1, -0.05) is 0 Å². The minimum Gasteiger partial charge on any atom is -0.384 e. The van der Waals surface area contributed by atoms with Crippen LogP contribution in [-0.4, -0.2) is 67.3 Å². The maximum absolute atomic E-state index is 14.2. The number of carbonyl (C=O) groups excluding carboxylic acids is 1. The number of allylic oxidation sites excluding steroid dienone is 4. The number of hydrazine groups is 1. The molecule has 2 N–H and O–H groups in total. The van der Waals surface area contributed by atoms with Gasteiger partial charge in [0.05, 0.1) is 17.8 Å². The van der Waals surface area contributed by atoms with Crippen molar-refractivity contribution in [3.8, 4) is 0 Å². The third kappa shape index (κ3) is 4.13. The summed E-state index contributed by atoms with van der Waals surface area (Å²) in [6.07, 6.45) is 0.747. The van der Waals surface area contributed by atoms with E-state index in [0.717, 1.165) is 25.1 Å². The molecular weight excluding hydrogens is 433 g/mol. The monoisotopic (exact) mass is 457 g/mol. The van der Waals surface area contributed by atoms with Crippen molar-refractivity contribution in [3.63, 3.8) is 0 Å². The summed E-state index contributed by atoms with van der Waals surface area (Å²) >= 11 is 0. The summed E-state index contributed by atoms with van der Waals surface area (Å²) in [6.45, 7) is -0.229. The second kappa shape index (κ2) is 7.95. The molecule has 32 heavy (non-hydrogen) atoms. The fourth-order valence-electron chi connectivity index (χ4n) is 4.04. The Kier molecular flexibility index (Phi) is 5.56. The lowest BCUT2D eigenvalue weighted by Crippen LogP contribution is -2.46. The largest absolute Gasteiger partial charge is 0.416 e. The van der Waals surface area contributed by atoms with Crippen molar-refractivity contribution in [2.45, 2.75) is 25.1 Å². The minimum atomic E-state index is -4.56. The number of nitrogens with one attached hydrogen (secondary N) is 2. The van der Waals surface area contributed by atoms with Gasteiger partial charge in [-0.3, -0.25) is 4.79 Å². The van der Waals surface area contributed by atoms with E-state index in [1.807, 2.05) is 0 Å². The summed E-state index contributed by atoms with van der Waals surface area (Å²) < 4.78 is 69.9. The third-order valence-corrected chi connectivity index (χ3v) is 6.02. The molecule has 0 aromatic carbocycles. The van der Waals surface area contributed by atoms with Gasteiger partial charge in [-0.15, -0.1) is 0 Å². The Hall–Kier alpha value is -2.82. The van der Waals surface area contributed by atoms with Gasteiger partial charge in [0.2, 0.25) is 5.91 Å². The Balaban J connectivity index is 1.63. The van der Waals surface area contributed by atoms with Gasteiger partial charge < -0.3 is 20.5 Å². The Bertz CT molecular complexity index is 989. The van der Waals surface area contributed by atoms with Crippen LogP contribution >= 0.6 is 0 Å². The van der Waals surface area contributed by atoms with E-state index in [-0.39, 0.29) is 30.3 Å². The second-order valence-electron chi connectivity index (χ2n) is 8.37. The standard InChI is InChI=1S/C21H24F5N5O/c1-29-9-14(22)19(15(23)10-29)28-20(32)18-7-17(30(2)31(18)3)12-8-27-16(11-4-5-11)6-13(12)21(24,25)26/h6-7,9,11,18,27H,4-5,8,10H2,1-3H3,(H,28,32). The van der Waals surface area contributed by atoms with E-state index in [4.69, 9.17) is 0 Å². The van der Waals surface area contributed by atoms with Gasteiger partial charge in [-0.25, -0.2) is 13.8 Å². The summed E-state index contributed by atoms with van der Waals surface area (Å²) in [7, 11) is 4.55. The van der Waals surface area contributed by atoms with Crippen LogP contribution in [0.2, 0.25) is 0 Å². The number of rotatable bonds is 4. The van der Waals surface area contributed by atoms with E-state index >= 15 is 0 Å². The highest BCUT2D eigenvalue weighted by atomic mass is 19.4. The molecule has 1 amide bonds. The van der Waals surface area contributed by atoms with Crippen LogP contribution < -0.4 is 10.6 Å². The lowest BCUT2D eigenvalue weighted by molar-refractivity contribution is -0.126. The number of hydrogen-bond donors (Lipinski definition) is 2. The molecule has 0 saturated heterocycles. The van der Waals surface area contributed by atoms with Crippen molar-refractivity contribution >= 4 is 5.91 Å². The number of amides is 1. The van der Waals surface area contributed by atoms with Crippen LogP contribution in [0.1, 0.15) is 12.8 Å². The third-order valence-electron chi connectivity index (χ3n) is 6.02. The number of carbonyl (C=O) groups is 1. The molecule has 0 bridgehead atoms. The first kappa shape index (κ1) is 22.4. The average molecular weight is 457 g/mol. The molecule has 1 unspecified atom stereocenters. The quantitative estimate of drug-likeness (QED) is 0.636. The van der Waals surface area contributed by atoms with E-state index in [0.29, 0.717) is 5.70 Å². The summed E-state index contributed by atoms with van der Waals surface area (Å²) in [4.78, 5) is 14.1. The molecule has 4 aliphatic rings. The molecule has 0 spiro atoms. The smallest absolute Gasteiger partial charge is 0.384 e. The van der Waals surface area contributed by atoms with Gasteiger partial charge in [0, 0.05) is 45.2 Å². The number of nitrogens with zero attached hydrogens (tertiary/aromatic N) is 3. The van der Waals surface area contributed by atoms with Crippen molar-refractivity contribution in [3.05, 3.63) is 58.2 Å². The van der Waals surface area contributed by atoms with E-state index < -0.39 is 41.0 Å². The second-order valence-corrected chi connectivity index (χ2v) is 8.37. The molecule has 6 nitrogen and oxygen atoms in total. The van der Waals surface area contributed by atoms with Gasteiger partial charge in [0.25, 0.3) is 0 Å². The summed E-state index contributed by atoms with van der Waals surface area (Å²) in [5, 5.41) is 8.17. The summed E-state index contributed by atoms with van der Waals surface area (Å²) in [5.41, 5.74) is -0.493. The van der Waals surface area contributed by atoms with Gasteiger partial charge in [-0.05, 0) is 30.9 Å². The predicted molar refractivity (Wildman–Crippen MR) is 107 cm³/mol. The molecule has 0 aromatic heterocycles. The maximum atomic E-state index is 14.2. The molecule has 3 aliphatic heterocycles. The molecule has 0 aromatic rings. The van der Waals surface area contributed by atoms with E-state index in [2.05, 4.69) is 10.6 Å².